The lowest BCUT2D eigenvalue weighted by atomic mass is 9.90. The summed E-state index contributed by atoms with van der Waals surface area (Å²) >= 11 is 3.34. The first kappa shape index (κ1) is 14.7. The van der Waals surface area contributed by atoms with Gasteiger partial charge in [0.25, 0.3) is 0 Å². The van der Waals surface area contributed by atoms with Gasteiger partial charge in [-0.05, 0) is 30.5 Å². The van der Waals surface area contributed by atoms with Crippen LogP contribution in [0.4, 0.5) is 5.69 Å². The predicted molar refractivity (Wildman–Crippen MR) is 75.9 cm³/mol. The Kier molecular flexibility index (Phi) is 5.87. The largest absolute Gasteiger partial charge is 0.325 e. The minimum atomic E-state index is -0.594. The van der Waals surface area contributed by atoms with Crippen LogP contribution < -0.4 is 5.32 Å². The van der Waals surface area contributed by atoms with Crippen molar-refractivity contribution in [1.29, 1.82) is 5.26 Å². The third-order valence-corrected chi connectivity index (χ3v) is 3.32. The number of nitrogens with one attached hydrogen (secondary N) is 1. The van der Waals surface area contributed by atoms with E-state index in [0.29, 0.717) is 5.69 Å². The molecule has 0 bridgehead atoms. The van der Waals surface area contributed by atoms with Gasteiger partial charge in [0.05, 0.1) is 6.07 Å². The Labute approximate surface area is 116 Å². The molecule has 2 atom stereocenters. The summed E-state index contributed by atoms with van der Waals surface area (Å²) in [7, 11) is 0. The van der Waals surface area contributed by atoms with Crippen LogP contribution in [0.2, 0.25) is 0 Å². The summed E-state index contributed by atoms with van der Waals surface area (Å²) in [5.41, 5.74) is 0.707. The SMILES string of the molecule is CCCC(C)C(C#N)C(=O)Nc1cccc(Br)c1. The van der Waals surface area contributed by atoms with Gasteiger partial charge in [-0.3, -0.25) is 4.79 Å². The second-order valence-corrected chi connectivity index (χ2v) is 5.29. The number of hydrogen-bond donors (Lipinski definition) is 1. The van der Waals surface area contributed by atoms with E-state index in [1.54, 1.807) is 0 Å². The molecular weight excluding hydrogens is 292 g/mol. The topological polar surface area (TPSA) is 52.9 Å². The standard InChI is InChI=1S/C14H17BrN2O/c1-3-5-10(2)13(9-16)14(18)17-12-7-4-6-11(15)8-12/h4,6-8,10,13H,3,5H2,1-2H3,(H,17,18). The molecule has 2 unspecified atom stereocenters. The van der Waals surface area contributed by atoms with E-state index in [2.05, 4.69) is 34.2 Å². The van der Waals surface area contributed by atoms with Crippen LogP contribution in [-0.4, -0.2) is 5.91 Å². The summed E-state index contributed by atoms with van der Waals surface area (Å²) in [5, 5.41) is 11.9. The van der Waals surface area contributed by atoms with Gasteiger partial charge in [-0.25, -0.2) is 0 Å². The Morgan fingerprint density at radius 3 is 2.83 bits per heavy atom. The number of nitriles is 1. The van der Waals surface area contributed by atoms with E-state index in [1.165, 1.54) is 0 Å². The van der Waals surface area contributed by atoms with Crippen molar-refractivity contribution in [2.75, 3.05) is 5.32 Å². The Hall–Kier alpha value is -1.34. The van der Waals surface area contributed by atoms with Gasteiger partial charge < -0.3 is 5.32 Å². The van der Waals surface area contributed by atoms with E-state index in [-0.39, 0.29) is 11.8 Å². The van der Waals surface area contributed by atoms with Gasteiger partial charge in [-0.1, -0.05) is 42.3 Å². The normalized spacial score (nSPS) is 13.4. The first-order chi connectivity index (χ1) is 8.58. The molecule has 1 amide bonds. The third kappa shape index (κ3) is 4.15. The molecule has 0 heterocycles. The number of carbonyl (C=O) groups is 1. The zero-order chi connectivity index (χ0) is 13.5. The van der Waals surface area contributed by atoms with E-state index in [0.717, 1.165) is 17.3 Å². The van der Waals surface area contributed by atoms with Crippen LogP contribution in [0.5, 0.6) is 0 Å². The van der Waals surface area contributed by atoms with Gasteiger partial charge >= 0.3 is 0 Å². The molecule has 0 saturated carbocycles. The molecule has 1 aromatic carbocycles. The highest BCUT2D eigenvalue weighted by molar-refractivity contribution is 9.10. The van der Waals surface area contributed by atoms with Crippen molar-refractivity contribution in [2.24, 2.45) is 11.8 Å². The van der Waals surface area contributed by atoms with Gasteiger partial charge in [-0.15, -0.1) is 0 Å². The molecule has 0 spiro atoms. The van der Waals surface area contributed by atoms with E-state index in [4.69, 9.17) is 5.26 Å². The minimum absolute atomic E-state index is 0.0761. The van der Waals surface area contributed by atoms with Crippen molar-refractivity contribution in [2.45, 2.75) is 26.7 Å². The maximum atomic E-state index is 12.0. The summed E-state index contributed by atoms with van der Waals surface area (Å²) in [4.78, 5) is 12.0. The Bertz CT molecular complexity index is 453. The van der Waals surface area contributed by atoms with Crippen LogP contribution in [0, 0.1) is 23.2 Å². The number of amides is 1. The predicted octanol–water partition coefficient (Wildman–Crippen LogP) is 3.96. The first-order valence-corrected chi connectivity index (χ1v) is 6.83. The second kappa shape index (κ2) is 7.17. The van der Waals surface area contributed by atoms with Gasteiger partial charge in [0.15, 0.2) is 0 Å². The van der Waals surface area contributed by atoms with Crippen molar-refractivity contribution in [1.82, 2.24) is 0 Å². The van der Waals surface area contributed by atoms with Gasteiger partial charge in [-0.2, -0.15) is 5.26 Å². The van der Waals surface area contributed by atoms with Crippen molar-refractivity contribution < 1.29 is 4.79 Å². The zero-order valence-corrected chi connectivity index (χ0v) is 12.2. The van der Waals surface area contributed by atoms with Crippen molar-refractivity contribution in [3.63, 3.8) is 0 Å². The van der Waals surface area contributed by atoms with E-state index < -0.39 is 5.92 Å². The minimum Gasteiger partial charge on any atom is -0.325 e. The molecule has 0 aliphatic heterocycles. The lowest BCUT2D eigenvalue weighted by Crippen LogP contribution is -2.26. The number of rotatable bonds is 5. The van der Waals surface area contributed by atoms with E-state index >= 15 is 0 Å². The van der Waals surface area contributed by atoms with E-state index in [9.17, 15) is 4.79 Å². The zero-order valence-electron chi connectivity index (χ0n) is 10.6. The van der Waals surface area contributed by atoms with Crippen LogP contribution in [-0.2, 0) is 4.79 Å². The number of anilines is 1. The summed E-state index contributed by atoms with van der Waals surface area (Å²) in [6.07, 6.45) is 1.85. The molecular formula is C14H17BrN2O. The second-order valence-electron chi connectivity index (χ2n) is 4.37. The molecule has 0 saturated heterocycles. The van der Waals surface area contributed by atoms with Crippen LogP contribution in [0.3, 0.4) is 0 Å². The fourth-order valence-corrected chi connectivity index (χ4v) is 2.25. The van der Waals surface area contributed by atoms with E-state index in [1.807, 2.05) is 31.2 Å². The number of benzene rings is 1. The fraction of sp³-hybridized carbons (Fsp3) is 0.429. The highest BCUT2D eigenvalue weighted by atomic mass is 79.9. The number of hydrogen-bond acceptors (Lipinski definition) is 2. The molecule has 0 aliphatic rings. The Balaban J connectivity index is 2.72. The molecule has 0 fully saturated rings. The lowest BCUT2D eigenvalue weighted by molar-refractivity contribution is -0.119. The smallest absolute Gasteiger partial charge is 0.242 e. The third-order valence-electron chi connectivity index (χ3n) is 2.83. The van der Waals surface area contributed by atoms with Crippen LogP contribution in [0.1, 0.15) is 26.7 Å². The van der Waals surface area contributed by atoms with Crippen molar-refractivity contribution >= 4 is 27.5 Å². The van der Waals surface area contributed by atoms with Gasteiger partial charge in [0.2, 0.25) is 5.91 Å². The summed E-state index contributed by atoms with van der Waals surface area (Å²) in [6.45, 7) is 4.00. The Morgan fingerprint density at radius 1 is 1.56 bits per heavy atom. The Morgan fingerprint density at radius 2 is 2.28 bits per heavy atom. The number of nitrogens with zero attached hydrogens (tertiary/aromatic N) is 1. The summed E-state index contributed by atoms with van der Waals surface area (Å²) < 4.78 is 0.899. The molecule has 0 radical (unpaired) electrons. The number of carbonyl (C=O) groups excluding carboxylic acids is 1. The molecule has 1 aromatic rings. The maximum absolute atomic E-state index is 12.0. The molecule has 1 rings (SSSR count). The number of halogens is 1. The molecule has 0 aromatic heterocycles. The maximum Gasteiger partial charge on any atom is 0.242 e. The van der Waals surface area contributed by atoms with Crippen molar-refractivity contribution in [3.05, 3.63) is 28.7 Å². The monoisotopic (exact) mass is 308 g/mol. The molecule has 18 heavy (non-hydrogen) atoms. The average molecular weight is 309 g/mol. The van der Waals surface area contributed by atoms with Crippen molar-refractivity contribution in [3.8, 4) is 6.07 Å². The molecule has 96 valence electrons. The van der Waals surface area contributed by atoms with Gasteiger partial charge in [0.1, 0.15) is 5.92 Å². The highest BCUT2D eigenvalue weighted by Crippen LogP contribution is 2.20. The van der Waals surface area contributed by atoms with Crippen LogP contribution >= 0.6 is 15.9 Å². The summed E-state index contributed by atoms with van der Waals surface area (Å²) in [6, 6.07) is 9.45. The van der Waals surface area contributed by atoms with Crippen LogP contribution in [0.25, 0.3) is 0 Å². The summed E-state index contributed by atoms with van der Waals surface area (Å²) in [5.74, 6) is -0.743. The highest BCUT2D eigenvalue weighted by Gasteiger charge is 2.24. The van der Waals surface area contributed by atoms with Crippen LogP contribution in [0.15, 0.2) is 28.7 Å². The lowest BCUT2D eigenvalue weighted by Gasteiger charge is -2.16. The fourth-order valence-electron chi connectivity index (χ4n) is 1.85. The van der Waals surface area contributed by atoms with Gasteiger partial charge in [0, 0.05) is 10.2 Å². The average Bonchev–Trinajstić information content (AvgIpc) is 2.30. The first-order valence-electron chi connectivity index (χ1n) is 6.04. The molecule has 3 nitrogen and oxygen atoms in total. The quantitative estimate of drug-likeness (QED) is 0.895. The molecule has 4 heteroatoms. The molecule has 1 N–H and O–H groups in total. The molecule has 0 aliphatic carbocycles.